The smallest absolute Gasteiger partial charge is 0.243 e. The fourth-order valence-electron chi connectivity index (χ4n) is 4.48. The van der Waals surface area contributed by atoms with Crippen LogP contribution in [0.25, 0.3) is 32.5 Å². The van der Waals surface area contributed by atoms with Crippen LogP contribution >= 0.6 is 56.6 Å². The van der Waals surface area contributed by atoms with E-state index in [1.807, 2.05) is 10.8 Å². The Hall–Kier alpha value is -1.60. The standard InChI is InChI=1S/C26H26N4O6S4.2BrH/c31-39(32,29-9-13-35-14-10-29)21-5-1-19(2-6-21)23-17-37-25(27-23)26-28-24(18-38-26)20-3-7-22(8-4-20)40(33,34)30-11-15-36-16-12-30;;/h1-8,17-18H,9-16H2;2*1H. The van der Waals surface area contributed by atoms with Crippen LogP contribution in [0, 0.1) is 0 Å². The number of halogens is 2. The molecule has 0 spiro atoms. The van der Waals surface area contributed by atoms with E-state index in [2.05, 4.69) is 0 Å². The largest absolute Gasteiger partial charge is 0.379 e. The molecule has 2 aliphatic heterocycles. The summed E-state index contributed by atoms with van der Waals surface area (Å²) in [7, 11) is -7.11. The van der Waals surface area contributed by atoms with Gasteiger partial charge in [-0.25, -0.2) is 26.8 Å². The third kappa shape index (κ3) is 6.87. The number of aromatic nitrogens is 2. The van der Waals surface area contributed by atoms with Crippen LogP contribution < -0.4 is 0 Å². The van der Waals surface area contributed by atoms with Crippen molar-refractivity contribution >= 4 is 76.7 Å². The second kappa shape index (κ2) is 14.0. The van der Waals surface area contributed by atoms with Gasteiger partial charge in [0.25, 0.3) is 0 Å². The molecule has 0 aliphatic carbocycles. The van der Waals surface area contributed by atoms with Crippen molar-refractivity contribution in [1.29, 1.82) is 0 Å². The number of nitrogens with zero attached hydrogens (tertiary/aromatic N) is 4. The Labute approximate surface area is 274 Å². The summed E-state index contributed by atoms with van der Waals surface area (Å²) in [5.74, 6) is 0. The first kappa shape index (κ1) is 33.3. The molecule has 0 bridgehead atoms. The van der Waals surface area contributed by atoms with E-state index >= 15 is 0 Å². The maximum Gasteiger partial charge on any atom is 0.243 e. The number of rotatable bonds is 7. The zero-order valence-corrected chi connectivity index (χ0v) is 28.8. The molecule has 6 rings (SSSR count). The van der Waals surface area contributed by atoms with Gasteiger partial charge in [-0.05, 0) is 24.3 Å². The predicted molar refractivity (Wildman–Crippen MR) is 174 cm³/mol. The molecule has 0 atom stereocenters. The van der Waals surface area contributed by atoms with Gasteiger partial charge in [0.2, 0.25) is 20.0 Å². The first-order valence-corrected chi connectivity index (χ1v) is 17.2. The first-order valence-electron chi connectivity index (χ1n) is 12.6. The van der Waals surface area contributed by atoms with Crippen LogP contribution in [0.3, 0.4) is 0 Å². The molecule has 2 aliphatic rings. The fourth-order valence-corrected chi connectivity index (χ4v) is 9.00. The first-order chi connectivity index (χ1) is 19.3. The van der Waals surface area contributed by atoms with Crippen molar-refractivity contribution in [2.75, 3.05) is 52.6 Å². The number of morpholine rings is 2. The van der Waals surface area contributed by atoms with Gasteiger partial charge < -0.3 is 9.47 Å². The lowest BCUT2D eigenvalue weighted by molar-refractivity contribution is 0.0730. The summed E-state index contributed by atoms with van der Waals surface area (Å²) in [4.78, 5) is 9.97. The van der Waals surface area contributed by atoms with Gasteiger partial charge in [-0.2, -0.15) is 8.61 Å². The summed E-state index contributed by atoms with van der Waals surface area (Å²) in [5.41, 5.74) is 3.11. The number of hydrogen-bond acceptors (Lipinski definition) is 10. The van der Waals surface area contributed by atoms with E-state index in [0.29, 0.717) is 52.6 Å². The number of benzene rings is 2. The lowest BCUT2D eigenvalue weighted by atomic mass is 10.2. The van der Waals surface area contributed by atoms with E-state index in [1.165, 1.54) is 31.3 Å². The zero-order valence-electron chi connectivity index (χ0n) is 22.1. The minimum Gasteiger partial charge on any atom is -0.379 e. The Morgan fingerprint density at radius 3 is 1.24 bits per heavy atom. The molecule has 0 saturated carbocycles. The molecule has 2 saturated heterocycles. The summed E-state index contributed by atoms with van der Waals surface area (Å²) in [6.07, 6.45) is 0. The van der Waals surface area contributed by atoms with E-state index in [0.717, 1.165) is 32.5 Å². The van der Waals surface area contributed by atoms with Gasteiger partial charge in [-0.15, -0.1) is 56.6 Å². The van der Waals surface area contributed by atoms with Crippen LogP contribution in [0.15, 0.2) is 69.1 Å². The second-order valence-corrected chi connectivity index (χ2v) is 14.7. The highest BCUT2D eigenvalue weighted by Crippen LogP contribution is 2.34. The molecular formula is C26H28Br2N4O6S4. The molecule has 0 radical (unpaired) electrons. The van der Waals surface area contributed by atoms with Crippen LogP contribution in [0.2, 0.25) is 0 Å². The third-order valence-electron chi connectivity index (χ3n) is 6.71. The Bertz CT molecular complexity index is 1570. The van der Waals surface area contributed by atoms with Gasteiger partial charge in [0.1, 0.15) is 0 Å². The predicted octanol–water partition coefficient (Wildman–Crippen LogP) is 4.80. The monoisotopic (exact) mass is 778 g/mol. The quantitative estimate of drug-likeness (QED) is 0.263. The fraction of sp³-hybridized carbons (Fsp3) is 0.308. The van der Waals surface area contributed by atoms with Gasteiger partial charge >= 0.3 is 0 Å². The highest BCUT2D eigenvalue weighted by molar-refractivity contribution is 8.93. The third-order valence-corrected chi connectivity index (χ3v) is 12.4. The van der Waals surface area contributed by atoms with Crippen molar-refractivity contribution in [3.05, 3.63) is 59.3 Å². The minimum absolute atomic E-state index is 0. The van der Waals surface area contributed by atoms with Crippen molar-refractivity contribution in [2.45, 2.75) is 9.79 Å². The average Bonchev–Trinajstić information content (AvgIpc) is 3.69. The Kier molecular flexibility index (Phi) is 11.1. The van der Waals surface area contributed by atoms with Crippen molar-refractivity contribution in [1.82, 2.24) is 18.6 Å². The van der Waals surface area contributed by atoms with Crippen LogP contribution in [0.5, 0.6) is 0 Å². The van der Waals surface area contributed by atoms with E-state index < -0.39 is 20.0 Å². The molecule has 10 nitrogen and oxygen atoms in total. The summed E-state index contributed by atoms with van der Waals surface area (Å²) in [5, 5.41) is 5.35. The van der Waals surface area contributed by atoms with Crippen LogP contribution in [0.4, 0.5) is 0 Å². The number of thiazole rings is 2. The number of sulfonamides is 2. The Balaban J connectivity index is 0.00000202. The van der Waals surface area contributed by atoms with Crippen molar-refractivity contribution in [3.8, 4) is 32.5 Å². The zero-order chi connectivity index (χ0) is 27.7. The molecule has 16 heteroatoms. The van der Waals surface area contributed by atoms with E-state index in [1.54, 1.807) is 48.5 Å². The molecular weight excluding hydrogens is 752 g/mol. The van der Waals surface area contributed by atoms with Gasteiger partial charge in [0, 0.05) is 48.1 Å². The summed E-state index contributed by atoms with van der Waals surface area (Å²) in [6.45, 7) is 3.03. The number of hydrogen-bond donors (Lipinski definition) is 0. The van der Waals surface area contributed by atoms with Crippen LogP contribution in [-0.2, 0) is 29.5 Å². The molecule has 0 amide bonds. The average molecular weight is 781 g/mol. The molecule has 226 valence electrons. The summed E-state index contributed by atoms with van der Waals surface area (Å²) >= 11 is 2.92. The lowest BCUT2D eigenvalue weighted by Crippen LogP contribution is -2.40. The number of ether oxygens (including phenoxy) is 2. The molecule has 4 aromatic rings. The van der Waals surface area contributed by atoms with Crippen molar-refractivity contribution in [3.63, 3.8) is 0 Å². The summed E-state index contributed by atoms with van der Waals surface area (Å²) < 4.78 is 65.0. The molecule has 2 aromatic heterocycles. The molecule has 0 N–H and O–H groups in total. The van der Waals surface area contributed by atoms with Gasteiger partial charge in [-0.3, -0.25) is 0 Å². The molecule has 42 heavy (non-hydrogen) atoms. The second-order valence-electron chi connectivity index (χ2n) is 9.16. The highest BCUT2D eigenvalue weighted by atomic mass is 79.9. The van der Waals surface area contributed by atoms with Gasteiger partial charge in [-0.1, -0.05) is 24.3 Å². The maximum absolute atomic E-state index is 12.9. The Morgan fingerprint density at radius 2 is 0.905 bits per heavy atom. The normalized spacial score (nSPS) is 16.9. The van der Waals surface area contributed by atoms with Crippen molar-refractivity contribution in [2.24, 2.45) is 0 Å². The maximum atomic E-state index is 12.9. The van der Waals surface area contributed by atoms with Gasteiger partial charge in [0.15, 0.2) is 10.0 Å². The summed E-state index contributed by atoms with van der Waals surface area (Å²) in [6, 6.07) is 13.5. The highest BCUT2D eigenvalue weighted by Gasteiger charge is 2.27. The topological polar surface area (TPSA) is 119 Å². The molecule has 4 heterocycles. The van der Waals surface area contributed by atoms with E-state index in [4.69, 9.17) is 19.4 Å². The van der Waals surface area contributed by atoms with E-state index in [-0.39, 0.29) is 43.8 Å². The van der Waals surface area contributed by atoms with Gasteiger partial charge in [0.05, 0.1) is 47.6 Å². The SMILES string of the molecule is Br.Br.O=S(=O)(c1ccc(-c2csc(-c3nc(-c4ccc(S(=O)(=O)N5CCOCC5)cc4)cs3)n2)cc1)N1CCOCC1. The lowest BCUT2D eigenvalue weighted by Gasteiger charge is -2.26. The Morgan fingerprint density at radius 1 is 0.571 bits per heavy atom. The van der Waals surface area contributed by atoms with Crippen LogP contribution in [-0.4, -0.2) is 88.0 Å². The van der Waals surface area contributed by atoms with Crippen LogP contribution in [0.1, 0.15) is 0 Å². The molecule has 0 unspecified atom stereocenters. The van der Waals surface area contributed by atoms with Crippen molar-refractivity contribution < 1.29 is 26.3 Å². The molecule has 2 fully saturated rings. The minimum atomic E-state index is -3.55. The molecule has 2 aromatic carbocycles. The van der Waals surface area contributed by atoms with E-state index in [9.17, 15) is 16.8 Å².